The molecule has 1 amide bonds. The lowest BCUT2D eigenvalue weighted by Gasteiger charge is -2.34. The average molecular weight is 364 g/mol. The second kappa shape index (κ2) is 7.86. The third kappa shape index (κ3) is 4.05. The standard InChI is InChI=1S/C19H20N6O2/c26-18(16-2-1-13-27-16)24-9-11-25(12-10-24)19-21-8-5-17(23-19)22-14-15-3-6-20-7-4-15/h1-8,13H,9-12,14H2,(H,21,22,23). The van der Waals surface area contributed by atoms with Crippen molar-refractivity contribution in [3.8, 4) is 0 Å². The zero-order chi connectivity index (χ0) is 18.5. The Hall–Kier alpha value is -3.42. The van der Waals surface area contributed by atoms with E-state index in [1.54, 1.807) is 35.6 Å². The fourth-order valence-corrected chi connectivity index (χ4v) is 2.96. The lowest BCUT2D eigenvalue weighted by Crippen LogP contribution is -2.49. The molecule has 0 saturated carbocycles. The third-order valence-corrected chi connectivity index (χ3v) is 4.45. The number of furan rings is 1. The molecule has 0 unspecified atom stereocenters. The quantitative estimate of drug-likeness (QED) is 0.741. The number of pyridine rings is 1. The van der Waals surface area contributed by atoms with Gasteiger partial charge in [-0.3, -0.25) is 9.78 Å². The number of nitrogens with one attached hydrogen (secondary N) is 1. The second-order valence-electron chi connectivity index (χ2n) is 6.21. The van der Waals surface area contributed by atoms with Gasteiger partial charge in [0, 0.05) is 51.3 Å². The normalized spacial score (nSPS) is 14.2. The van der Waals surface area contributed by atoms with Gasteiger partial charge in [-0.25, -0.2) is 4.98 Å². The molecule has 8 heteroatoms. The van der Waals surface area contributed by atoms with E-state index >= 15 is 0 Å². The Labute approximate surface area is 156 Å². The van der Waals surface area contributed by atoms with Crippen molar-refractivity contribution in [3.05, 3.63) is 66.5 Å². The predicted octanol–water partition coefficient (Wildman–Crippen LogP) is 2.04. The van der Waals surface area contributed by atoms with Crippen molar-refractivity contribution in [2.24, 2.45) is 0 Å². The molecule has 1 aliphatic rings. The number of carbonyl (C=O) groups excluding carboxylic acids is 1. The molecule has 3 aromatic heterocycles. The average Bonchev–Trinajstić information content (AvgIpc) is 3.28. The maximum atomic E-state index is 12.3. The van der Waals surface area contributed by atoms with Gasteiger partial charge in [-0.15, -0.1) is 0 Å². The molecule has 4 rings (SSSR count). The van der Waals surface area contributed by atoms with E-state index < -0.39 is 0 Å². The van der Waals surface area contributed by atoms with Crippen LogP contribution in [-0.2, 0) is 6.54 Å². The van der Waals surface area contributed by atoms with E-state index in [1.807, 2.05) is 18.2 Å². The van der Waals surface area contributed by atoms with Crippen molar-refractivity contribution in [3.63, 3.8) is 0 Å². The van der Waals surface area contributed by atoms with Crippen LogP contribution in [0.15, 0.2) is 59.6 Å². The van der Waals surface area contributed by atoms with Crippen LogP contribution in [0.25, 0.3) is 0 Å². The van der Waals surface area contributed by atoms with Gasteiger partial charge < -0.3 is 19.5 Å². The van der Waals surface area contributed by atoms with E-state index in [9.17, 15) is 4.79 Å². The Kier molecular flexibility index (Phi) is 4.95. The minimum absolute atomic E-state index is 0.0756. The van der Waals surface area contributed by atoms with E-state index in [-0.39, 0.29) is 5.91 Å². The van der Waals surface area contributed by atoms with Crippen LogP contribution in [0.5, 0.6) is 0 Å². The maximum Gasteiger partial charge on any atom is 0.289 e. The topological polar surface area (TPSA) is 87.4 Å². The lowest BCUT2D eigenvalue weighted by molar-refractivity contribution is 0.0714. The van der Waals surface area contributed by atoms with Gasteiger partial charge in [0.2, 0.25) is 5.95 Å². The van der Waals surface area contributed by atoms with Gasteiger partial charge in [-0.2, -0.15) is 4.98 Å². The van der Waals surface area contributed by atoms with E-state index in [4.69, 9.17) is 4.42 Å². The van der Waals surface area contributed by atoms with Gasteiger partial charge in [0.25, 0.3) is 5.91 Å². The first-order chi connectivity index (χ1) is 13.3. The summed E-state index contributed by atoms with van der Waals surface area (Å²) in [5.74, 6) is 1.74. The van der Waals surface area contributed by atoms with Crippen molar-refractivity contribution in [2.75, 3.05) is 36.4 Å². The van der Waals surface area contributed by atoms with E-state index in [0.29, 0.717) is 44.4 Å². The van der Waals surface area contributed by atoms with Gasteiger partial charge in [0.15, 0.2) is 5.76 Å². The van der Waals surface area contributed by atoms with Gasteiger partial charge in [-0.05, 0) is 35.9 Å². The van der Waals surface area contributed by atoms with Crippen molar-refractivity contribution >= 4 is 17.7 Å². The van der Waals surface area contributed by atoms with E-state index in [1.165, 1.54) is 6.26 Å². The van der Waals surface area contributed by atoms with Crippen molar-refractivity contribution in [1.82, 2.24) is 19.9 Å². The summed E-state index contributed by atoms with van der Waals surface area (Å²) >= 11 is 0. The molecule has 0 spiro atoms. The Morgan fingerprint density at radius 3 is 2.63 bits per heavy atom. The molecule has 0 atom stereocenters. The van der Waals surface area contributed by atoms with Crippen LogP contribution in [0.2, 0.25) is 0 Å². The Morgan fingerprint density at radius 2 is 1.89 bits per heavy atom. The molecule has 4 heterocycles. The highest BCUT2D eigenvalue weighted by molar-refractivity contribution is 5.91. The number of nitrogens with zero attached hydrogens (tertiary/aromatic N) is 5. The summed E-state index contributed by atoms with van der Waals surface area (Å²) in [5.41, 5.74) is 1.13. The molecule has 1 N–H and O–H groups in total. The number of piperazine rings is 1. The highest BCUT2D eigenvalue weighted by atomic mass is 16.3. The molecule has 8 nitrogen and oxygen atoms in total. The number of amides is 1. The number of hydrogen-bond donors (Lipinski definition) is 1. The molecular formula is C19H20N6O2. The summed E-state index contributed by atoms with van der Waals surface area (Å²) < 4.78 is 5.20. The Morgan fingerprint density at radius 1 is 1.07 bits per heavy atom. The number of hydrogen-bond acceptors (Lipinski definition) is 7. The molecule has 1 fully saturated rings. The van der Waals surface area contributed by atoms with Gasteiger partial charge in [0.1, 0.15) is 5.82 Å². The minimum atomic E-state index is -0.0756. The predicted molar refractivity (Wildman–Crippen MR) is 100 cm³/mol. The van der Waals surface area contributed by atoms with Gasteiger partial charge in [0.05, 0.1) is 6.26 Å². The number of anilines is 2. The fourth-order valence-electron chi connectivity index (χ4n) is 2.96. The summed E-state index contributed by atoms with van der Waals surface area (Å²) in [6, 6.07) is 9.19. The third-order valence-electron chi connectivity index (χ3n) is 4.45. The first-order valence-corrected chi connectivity index (χ1v) is 8.83. The molecule has 3 aromatic rings. The smallest absolute Gasteiger partial charge is 0.289 e. The zero-order valence-electron chi connectivity index (χ0n) is 14.8. The molecule has 0 aliphatic carbocycles. The summed E-state index contributed by atoms with van der Waals surface area (Å²) in [4.78, 5) is 29.2. The summed E-state index contributed by atoms with van der Waals surface area (Å²) in [5, 5.41) is 3.30. The van der Waals surface area contributed by atoms with Crippen LogP contribution in [0, 0.1) is 0 Å². The Bertz CT molecular complexity index is 876. The second-order valence-corrected chi connectivity index (χ2v) is 6.21. The maximum absolute atomic E-state index is 12.3. The van der Waals surface area contributed by atoms with Crippen LogP contribution in [0.4, 0.5) is 11.8 Å². The van der Waals surface area contributed by atoms with Crippen LogP contribution in [0.1, 0.15) is 16.1 Å². The van der Waals surface area contributed by atoms with Gasteiger partial charge in [-0.1, -0.05) is 0 Å². The van der Waals surface area contributed by atoms with Crippen LogP contribution >= 0.6 is 0 Å². The van der Waals surface area contributed by atoms with Crippen LogP contribution in [-0.4, -0.2) is 51.9 Å². The van der Waals surface area contributed by atoms with Crippen molar-refractivity contribution < 1.29 is 9.21 Å². The number of carbonyl (C=O) groups is 1. The van der Waals surface area contributed by atoms with Gasteiger partial charge >= 0.3 is 0 Å². The number of aromatic nitrogens is 3. The van der Waals surface area contributed by atoms with Crippen LogP contribution in [0.3, 0.4) is 0 Å². The lowest BCUT2D eigenvalue weighted by atomic mass is 10.3. The van der Waals surface area contributed by atoms with Crippen LogP contribution < -0.4 is 10.2 Å². The molecule has 0 bridgehead atoms. The molecule has 1 aliphatic heterocycles. The minimum Gasteiger partial charge on any atom is -0.459 e. The van der Waals surface area contributed by atoms with E-state index in [2.05, 4.69) is 25.2 Å². The summed E-state index contributed by atoms with van der Waals surface area (Å²) in [6.45, 7) is 3.25. The zero-order valence-corrected chi connectivity index (χ0v) is 14.8. The summed E-state index contributed by atoms with van der Waals surface area (Å²) in [6.07, 6.45) is 6.80. The van der Waals surface area contributed by atoms with E-state index in [0.717, 1.165) is 11.4 Å². The molecule has 27 heavy (non-hydrogen) atoms. The molecule has 1 saturated heterocycles. The first-order valence-electron chi connectivity index (χ1n) is 8.83. The highest BCUT2D eigenvalue weighted by Crippen LogP contribution is 2.16. The summed E-state index contributed by atoms with van der Waals surface area (Å²) in [7, 11) is 0. The number of rotatable bonds is 5. The molecule has 138 valence electrons. The van der Waals surface area contributed by atoms with Crippen molar-refractivity contribution in [1.29, 1.82) is 0 Å². The van der Waals surface area contributed by atoms with Crippen molar-refractivity contribution in [2.45, 2.75) is 6.54 Å². The largest absolute Gasteiger partial charge is 0.459 e. The first kappa shape index (κ1) is 17.0. The highest BCUT2D eigenvalue weighted by Gasteiger charge is 2.24. The SMILES string of the molecule is O=C(c1ccco1)N1CCN(c2nccc(NCc3ccncc3)n2)CC1. The molecule has 0 radical (unpaired) electrons. The fraction of sp³-hybridized carbons (Fsp3) is 0.263. The molecule has 0 aromatic carbocycles. The monoisotopic (exact) mass is 364 g/mol. The molecular weight excluding hydrogens is 344 g/mol. The Balaban J connectivity index is 1.35.